The first kappa shape index (κ1) is 12.6. The SMILES string of the molecule is O=C(CCc1nc2ccccc2s1)N1CC[C@H](O)C1. The number of amides is 1. The number of benzene rings is 1. The lowest BCUT2D eigenvalue weighted by Gasteiger charge is -2.14. The van der Waals surface area contributed by atoms with Gasteiger partial charge in [-0.15, -0.1) is 11.3 Å². The summed E-state index contributed by atoms with van der Waals surface area (Å²) in [4.78, 5) is 18.2. The fraction of sp³-hybridized carbons (Fsp3) is 0.429. The number of aliphatic hydroxyl groups is 1. The Morgan fingerprint density at radius 1 is 1.47 bits per heavy atom. The van der Waals surface area contributed by atoms with E-state index in [-0.39, 0.29) is 12.0 Å². The van der Waals surface area contributed by atoms with Crippen molar-refractivity contribution in [2.45, 2.75) is 25.4 Å². The number of thiazole rings is 1. The zero-order valence-corrected chi connectivity index (χ0v) is 11.4. The maximum Gasteiger partial charge on any atom is 0.223 e. The predicted octanol–water partition coefficient (Wildman–Crippen LogP) is 1.82. The average Bonchev–Trinajstić information content (AvgIpc) is 3.01. The van der Waals surface area contributed by atoms with E-state index < -0.39 is 0 Å². The Hall–Kier alpha value is -1.46. The average molecular weight is 276 g/mol. The zero-order chi connectivity index (χ0) is 13.2. The first-order valence-electron chi connectivity index (χ1n) is 6.52. The molecule has 0 radical (unpaired) electrons. The Morgan fingerprint density at radius 2 is 2.32 bits per heavy atom. The molecule has 5 heteroatoms. The molecule has 1 fully saturated rings. The molecule has 0 bridgehead atoms. The van der Waals surface area contributed by atoms with Gasteiger partial charge in [-0.1, -0.05) is 12.1 Å². The lowest BCUT2D eigenvalue weighted by atomic mass is 10.3. The molecule has 1 aromatic carbocycles. The molecule has 100 valence electrons. The van der Waals surface area contributed by atoms with Crippen LogP contribution in [0, 0.1) is 0 Å². The van der Waals surface area contributed by atoms with Crippen molar-refractivity contribution in [3.8, 4) is 0 Å². The third kappa shape index (κ3) is 2.77. The highest BCUT2D eigenvalue weighted by Crippen LogP contribution is 2.22. The van der Waals surface area contributed by atoms with Gasteiger partial charge in [0.1, 0.15) is 0 Å². The summed E-state index contributed by atoms with van der Waals surface area (Å²) < 4.78 is 1.17. The molecule has 1 amide bonds. The molecule has 2 aromatic rings. The summed E-state index contributed by atoms with van der Waals surface area (Å²) in [5, 5.41) is 10.4. The molecule has 0 unspecified atom stereocenters. The third-order valence-electron chi connectivity index (χ3n) is 3.41. The number of likely N-dealkylation sites (tertiary alicyclic amines) is 1. The van der Waals surface area contributed by atoms with Crippen LogP contribution in [0.3, 0.4) is 0 Å². The van der Waals surface area contributed by atoms with Gasteiger partial charge in [-0.25, -0.2) is 4.98 Å². The number of carbonyl (C=O) groups excluding carboxylic acids is 1. The van der Waals surface area contributed by atoms with Crippen molar-refractivity contribution < 1.29 is 9.90 Å². The van der Waals surface area contributed by atoms with Crippen LogP contribution in [-0.4, -0.2) is 40.1 Å². The number of para-hydroxylation sites is 1. The molecule has 4 nitrogen and oxygen atoms in total. The van der Waals surface area contributed by atoms with Gasteiger partial charge in [0.15, 0.2) is 0 Å². The first-order valence-corrected chi connectivity index (χ1v) is 7.34. The van der Waals surface area contributed by atoms with Crippen molar-refractivity contribution in [3.63, 3.8) is 0 Å². The normalized spacial score (nSPS) is 19.2. The minimum Gasteiger partial charge on any atom is -0.391 e. The summed E-state index contributed by atoms with van der Waals surface area (Å²) in [5.74, 6) is 0.121. The monoisotopic (exact) mass is 276 g/mol. The summed E-state index contributed by atoms with van der Waals surface area (Å²) in [7, 11) is 0. The first-order chi connectivity index (χ1) is 9.22. The van der Waals surface area contributed by atoms with E-state index in [4.69, 9.17) is 0 Å². The largest absolute Gasteiger partial charge is 0.391 e. The van der Waals surface area contributed by atoms with E-state index in [0.29, 0.717) is 32.4 Å². The number of β-amino-alcohol motifs (C(OH)–C–C–N with tert-alkyl or cyclic N) is 1. The van der Waals surface area contributed by atoms with Crippen molar-refractivity contribution in [1.82, 2.24) is 9.88 Å². The smallest absolute Gasteiger partial charge is 0.223 e. The van der Waals surface area contributed by atoms with Crippen LogP contribution in [0.4, 0.5) is 0 Å². The van der Waals surface area contributed by atoms with Crippen molar-refractivity contribution in [3.05, 3.63) is 29.3 Å². The molecule has 0 spiro atoms. The van der Waals surface area contributed by atoms with E-state index in [1.54, 1.807) is 16.2 Å². The fourth-order valence-corrected chi connectivity index (χ4v) is 3.33. The number of aromatic nitrogens is 1. The van der Waals surface area contributed by atoms with E-state index in [2.05, 4.69) is 11.1 Å². The molecular weight excluding hydrogens is 260 g/mol. The van der Waals surface area contributed by atoms with Gasteiger partial charge in [0, 0.05) is 25.9 Å². The maximum absolute atomic E-state index is 12.0. The van der Waals surface area contributed by atoms with Crippen LogP contribution < -0.4 is 0 Å². The van der Waals surface area contributed by atoms with Crippen molar-refractivity contribution >= 4 is 27.5 Å². The Labute approximate surface area is 115 Å². The number of hydrogen-bond donors (Lipinski definition) is 1. The van der Waals surface area contributed by atoms with Gasteiger partial charge in [0.25, 0.3) is 0 Å². The molecule has 3 rings (SSSR count). The number of aliphatic hydroxyl groups excluding tert-OH is 1. The predicted molar refractivity (Wildman–Crippen MR) is 75.1 cm³/mol. The Balaban J connectivity index is 1.61. The van der Waals surface area contributed by atoms with Gasteiger partial charge in [0.2, 0.25) is 5.91 Å². The molecule has 0 saturated carbocycles. The summed E-state index contributed by atoms with van der Waals surface area (Å²) in [6.07, 6.45) is 1.52. The van der Waals surface area contributed by atoms with E-state index >= 15 is 0 Å². The molecule has 1 N–H and O–H groups in total. The Bertz CT molecular complexity index is 563. The highest BCUT2D eigenvalue weighted by atomic mass is 32.1. The fourth-order valence-electron chi connectivity index (χ4n) is 2.37. The van der Waals surface area contributed by atoms with Gasteiger partial charge in [-0.2, -0.15) is 0 Å². The van der Waals surface area contributed by atoms with Gasteiger partial charge in [0.05, 0.1) is 21.3 Å². The molecule has 1 saturated heterocycles. The molecule has 1 aromatic heterocycles. The van der Waals surface area contributed by atoms with Gasteiger partial charge in [-0.05, 0) is 18.6 Å². The highest BCUT2D eigenvalue weighted by molar-refractivity contribution is 7.18. The Morgan fingerprint density at radius 3 is 3.05 bits per heavy atom. The second-order valence-electron chi connectivity index (χ2n) is 4.86. The molecule has 1 atom stereocenters. The van der Waals surface area contributed by atoms with Crippen LogP contribution in [-0.2, 0) is 11.2 Å². The molecular formula is C14H16N2O2S. The standard InChI is InChI=1S/C14H16N2O2S/c17-10-7-8-16(9-10)14(18)6-5-13-15-11-3-1-2-4-12(11)19-13/h1-4,10,17H,5-9H2/t10-/m0/s1. The van der Waals surface area contributed by atoms with Crippen molar-refractivity contribution in [1.29, 1.82) is 0 Å². The van der Waals surface area contributed by atoms with Crippen LogP contribution in [0.5, 0.6) is 0 Å². The number of carbonyl (C=O) groups is 1. The van der Waals surface area contributed by atoms with Gasteiger partial charge in [-0.3, -0.25) is 4.79 Å². The van der Waals surface area contributed by atoms with E-state index in [1.165, 1.54) is 4.70 Å². The number of fused-ring (bicyclic) bond motifs is 1. The van der Waals surface area contributed by atoms with Crippen LogP contribution >= 0.6 is 11.3 Å². The Kier molecular flexibility index (Phi) is 3.48. The van der Waals surface area contributed by atoms with Gasteiger partial charge >= 0.3 is 0 Å². The number of rotatable bonds is 3. The lowest BCUT2D eigenvalue weighted by Crippen LogP contribution is -2.29. The molecule has 1 aliphatic heterocycles. The van der Waals surface area contributed by atoms with Crippen LogP contribution in [0.1, 0.15) is 17.8 Å². The second-order valence-corrected chi connectivity index (χ2v) is 5.97. The van der Waals surface area contributed by atoms with E-state index in [0.717, 1.165) is 10.5 Å². The third-order valence-corrected chi connectivity index (χ3v) is 4.50. The molecule has 2 heterocycles. The van der Waals surface area contributed by atoms with Crippen LogP contribution in [0.25, 0.3) is 10.2 Å². The topological polar surface area (TPSA) is 53.4 Å². The van der Waals surface area contributed by atoms with Gasteiger partial charge < -0.3 is 10.0 Å². The quantitative estimate of drug-likeness (QED) is 0.930. The number of hydrogen-bond acceptors (Lipinski definition) is 4. The summed E-state index contributed by atoms with van der Waals surface area (Å²) in [6.45, 7) is 1.17. The zero-order valence-electron chi connectivity index (χ0n) is 10.6. The number of nitrogens with zero attached hydrogens (tertiary/aromatic N) is 2. The van der Waals surface area contributed by atoms with Crippen molar-refractivity contribution in [2.75, 3.05) is 13.1 Å². The minimum atomic E-state index is -0.341. The molecule has 0 aliphatic carbocycles. The summed E-state index contributed by atoms with van der Waals surface area (Å²) in [5.41, 5.74) is 1.01. The number of aryl methyl sites for hydroxylation is 1. The summed E-state index contributed by atoms with van der Waals surface area (Å²) in [6, 6.07) is 8.02. The van der Waals surface area contributed by atoms with E-state index in [9.17, 15) is 9.90 Å². The van der Waals surface area contributed by atoms with Crippen LogP contribution in [0.2, 0.25) is 0 Å². The van der Waals surface area contributed by atoms with Crippen molar-refractivity contribution in [2.24, 2.45) is 0 Å². The maximum atomic E-state index is 12.0. The lowest BCUT2D eigenvalue weighted by molar-refractivity contribution is -0.130. The minimum absolute atomic E-state index is 0.121. The van der Waals surface area contributed by atoms with E-state index in [1.807, 2.05) is 18.2 Å². The molecule has 1 aliphatic rings. The summed E-state index contributed by atoms with van der Waals surface area (Å²) >= 11 is 1.65. The molecule has 19 heavy (non-hydrogen) atoms. The van der Waals surface area contributed by atoms with Crippen LogP contribution in [0.15, 0.2) is 24.3 Å². The highest BCUT2D eigenvalue weighted by Gasteiger charge is 2.24. The second kappa shape index (κ2) is 5.27.